The lowest BCUT2D eigenvalue weighted by Crippen LogP contribution is -2.19. The molecule has 24 heavy (non-hydrogen) atoms. The molecule has 128 valence electrons. The summed E-state index contributed by atoms with van der Waals surface area (Å²) in [6.45, 7) is 0. The molecule has 0 radical (unpaired) electrons. The average Bonchev–Trinajstić information content (AvgIpc) is 3.17. The normalized spacial score (nSPS) is 15.6. The van der Waals surface area contributed by atoms with Crippen LogP contribution in [0.15, 0.2) is 36.5 Å². The van der Waals surface area contributed by atoms with Gasteiger partial charge >= 0.3 is 6.18 Å². The minimum Gasteiger partial charge on any atom is -0.311 e. The highest BCUT2D eigenvalue weighted by Gasteiger charge is 2.30. The number of carbonyl (C=O) groups is 1. The van der Waals surface area contributed by atoms with Gasteiger partial charge < -0.3 is 5.32 Å². The molecule has 1 N–H and O–H groups in total. The first-order valence-electron chi connectivity index (χ1n) is 7.93. The maximum absolute atomic E-state index is 12.7. The first-order chi connectivity index (χ1) is 11.4. The van der Waals surface area contributed by atoms with Crippen molar-refractivity contribution in [3.05, 3.63) is 47.7 Å². The van der Waals surface area contributed by atoms with E-state index in [-0.39, 0.29) is 18.4 Å². The molecule has 1 fully saturated rings. The van der Waals surface area contributed by atoms with Gasteiger partial charge in [0.1, 0.15) is 5.82 Å². The summed E-state index contributed by atoms with van der Waals surface area (Å²) in [6.07, 6.45) is 1.44. The fourth-order valence-corrected chi connectivity index (χ4v) is 3.08. The Balaban J connectivity index is 1.67. The summed E-state index contributed by atoms with van der Waals surface area (Å²) in [5.41, 5.74) is -0.418. The molecule has 2 aromatic rings. The maximum Gasteiger partial charge on any atom is 0.416 e. The molecule has 1 amide bonds. The highest BCUT2D eigenvalue weighted by Crippen LogP contribution is 2.31. The van der Waals surface area contributed by atoms with Gasteiger partial charge in [0.15, 0.2) is 0 Å². The molecule has 4 nitrogen and oxygen atoms in total. The van der Waals surface area contributed by atoms with Gasteiger partial charge in [-0.1, -0.05) is 31.0 Å². The lowest BCUT2D eigenvalue weighted by Gasteiger charge is -2.15. The van der Waals surface area contributed by atoms with Crippen LogP contribution in [0.1, 0.15) is 42.9 Å². The number of rotatable bonds is 4. The summed E-state index contributed by atoms with van der Waals surface area (Å²) in [7, 11) is 0. The number of hydrogen-bond donors (Lipinski definition) is 1. The van der Waals surface area contributed by atoms with E-state index >= 15 is 0 Å². The Morgan fingerprint density at radius 3 is 2.71 bits per heavy atom. The fraction of sp³-hybridized carbons (Fsp3) is 0.412. The lowest BCUT2D eigenvalue weighted by molar-refractivity contribution is -0.137. The van der Waals surface area contributed by atoms with Gasteiger partial charge in [-0.2, -0.15) is 18.3 Å². The van der Waals surface area contributed by atoms with E-state index in [4.69, 9.17) is 0 Å². The number of aromatic nitrogens is 2. The van der Waals surface area contributed by atoms with Crippen LogP contribution >= 0.6 is 0 Å². The van der Waals surface area contributed by atoms with Crippen molar-refractivity contribution in [3.63, 3.8) is 0 Å². The number of amides is 1. The molecule has 7 heteroatoms. The molecule has 1 aromatic heterocycles. The van der Waals surface area contributed by atoms with E-state index in [0.29, 0.717) is 11.4 Å². The van der Waals surface area contributed by atoms with E-state index in [9.17, 15) is 18.0 Å². The van der Waals surface area contributed by atoms with Crippen LogP contribution in [0.25, 0.3) is 0 Å². The minimum atomic E-state index is -4.41. The number of anilines is 1. The summed E-state index contributed by atoms with van der Waals surface area (Å²) < 4.78 is 40.0. The summed E-state index contributed by atoms with van der Waals surface area (Å²) in [5.74, 6) is 0.243. The number of halogens is 3. The summed E-state index contributed by atoms with van der Waals surface area (Å²) in [4.78, 5) is 12.2. The second kappa shape index (κ2) is 6.67. The van der Waals surface area contributed by atoms with Crippen LogP contribution in [0.4, 0.5) is 19.0 Å². The van der Waals surface area contributed by atoms with Crippen LogP contribution in [0.2, 0.25) is 0 Å². The Hall–Kier alpha value is -2.31. The highest BCUT2D eigenvalue weighted by atomic mass is 19.4. The number of nitrogens with one attached hydrogen (secondary N) is 1. The largest absolute Gasteiger partial charge is 0.416 e. The Labute approximate surface area is 137 Å². The zero-order chi connectivity index (χ0) is 17.2. The van der Waals surface area contributed by atoms with Gasteiger partial charge in [0.05, 0.1) is 24.2 Å². The molecular weight excluding hydrogens is 319 g/mol. The lowest BCUT2D eigenvalue weighted by atomic mass is 10.1. The molecule has 0 bridgehead atoms. The predicted octanol–water partition coefficient (Wildman–Crippen LogP) is 4.20. The fourth-order valence-electron chi connectivity index (χ4n) is 3.08. The Kier molecular flexibility index (Phi) is 4.59. The summed E-state index contributed by atoms with van der Waals surface area (Å²) in [6, 6.07) is 6.83. The molecule has 0 unspecified atom stereocenters. The van der Waals surface area contributed by atoms with Crippen molar-refractivity contribution in [3.8, 4) is 0 Å². The Morgan fingerprint density at radius 1 is 1.25 bits per heavy atom. The van der Waals surface area contributed by atoms with Gasteiger partial charge in [-0.3, -0.25) is 4.79 Å². The molecule has 1 heterocycles. The number of nitrogens with zero attached hydrogens (tertiary/aromatic N) is 2. The molecule has 1 saturated carbocycles. The van der Waals surface area contributed by atoms with Crippen molar-refractivity contribution < 1.29 is 18.0 Å². The molecule has 0 saturated heterocycles. The monoisotopic (exact) mass is 337 g/mol. The van der Waals surface area contributed by atoms with Gasteiger partial charge in [0, 0.05) is 6.07 Å². The smallest absolute Gasteiger partial charge is 0.311 e. The van der Waals surface area contributed by atoms with Gasteiger partial charge in [-0.15, -0.1) is 0 Å². The summed E-state index contributed by atoms with van der Waals surface area (Å²) >= 11 is 0. The maximum atomic E-state index is 12.7. The van der Waals surface area contributed by atoms with E-state index in [2.05, 4.69) is 10.4 Å². The van der Waals surface area contributed by atoms with Gasteiger partial charge in [0.2, 0.25) is 5.91 Å². The third kappa shape index (κ3) is 3.77. The third-order valence-electron chi connectivity index (χ3n) is 4.23. The van der Waals surface area contributed by atoms with E-state index in [1.807, 2.05) is 0 Å². The van der Waals surface area contributed by atoms with E-state index in [1.165, 1.54) is 12.1 Å². The topological polar surface area (TPSA) is 46.9 Å². The van der Waals surface area contributed by atoms with Gasteiger partial charge in [0.25, 0.3) is 0 Å². The highest BCUT2D eigenvalue weighted by molar-refractivity contribution is 5.91. The quantitative estimate of drug-likeness (QED) is 0.909. The van der Waals surface area contributed by atoms with Crippen molar-refractivity contribution in [2.24, 2.45) is 0 Å². The zero-order valence-electron chi connectivity index (χ0n) is 13.0. The van der Waals surface area contributed by atoms with Crippen molar-refractivity contribution in [2.75, 3.05) is 5.32 Å². The number of carbonyl (C=O) groups excluding carboxylic acids is 1. The van der Waals surface area contributed by atoms with Crippen LogP contribution in [-0.4, -0.2) is 15.7 Å². The Bertz CT molecular complexity index is 718. The SMILES string of the molecule is O=C(Cc1cccc(C(F)(F)F)c1)Nc1ccnn1C1CCCC1. The van der Waals surface area contributed by atoms with Crippen molar-refractivity contribution in [1.82, 2.24) is 9.78 Å². The van der Waals surface area contributed by atoms with Crippen molar-refractivity contribution >= 4 is 11.7 Å². The van der Waals surface area contributed by atoms with Crippen LogP contribution in [-0.2, 0) is 17.4 Å². The molecule has 0 aliphatic heterocycles. The van der Waals surface area contributed by atoms with Crippen LogP contribution in [0, 0.1) is 0 Å². The Morgan fingerprint density at radius 2 is 2.00 bits per heavy atom. The van der Waals surface area contributed by atoms with Crippen LogP contribution < -0.4 is 5.32 Å². The molecule has 3 rings (SSSR count). The van der Waals surface area contributed by atoms with Crippen molar-refractivity contribution in [2.45, 2.75) is 44.3 Å². The molecule has 0 spiro atoms. The summed E-state index contributed by atoms with van der Waals surface area (Å²) in [5, 5.41) is 7.01. The van der Waals surface area contributed by atoms with Crippen molar-refractivity contribution in [1.29, 1.82) is 0 Å². The standard InChI is InChI=1S/C17H18F3N3O/c18-17(19,20)13-5-3-4-12(10-13)11-16(24)22-15-8-9-21-23(15)14-6-1-2-7-14/h3-5,8-10,14H,1-2,6-7,11H2,(H,22,24). The van der Waals surface area contributed by atoms with Crippen LogP contribution in [0.5, 0.6) is 0 Å². The van der Waals surface area contributed by atoms with E-state index in [0.717, 1.165) is 37.8 Å². The second-order valence-corrected chi connectivity index (χ2v) is 6.02. The molecule has 0 atom stereocenters. The van der Waals surface area contributed by atoms with Gasteiger partial charge in [-0.25, -0.2) is 4.68 Å². The molecule has 1 aliphatic carbocycles. The third-order valence-corrected chi connectivity index (χ3v) is 4.23. The molecule has 1 aliphatic rings. The van der Waals surface area contributed by atoms with E-state index < -0.39 is 11.7 Å². The van der Waals surface area contributed by atoms with Gasteiger partial charge in [-0.05, 0) is 24.5 Å². The number of alkyl halides is 3. The first-order valence-corrected chi connectivity index (χ1v) is 7.93. The average molecular weight is 337 g/mol. The second-order valence-electron chi connectivity index (χ2n) is 6.02. The number of benzene rings is 1. The predicted molar refractivity (Wildman–Crippen MR) is 83.5 cm³/mol. The van der Waals surface area contributed by atoms with E-state index in [1.54, 1.807) is 16.9 Å². The zero-order valence-corrected chi connectivity index (χ0v) is 13.0. The van der Waals surface area contributed by atoms with Crippen LogP contribution in [0.3, 0.4) is 0 Å². The molecule has 1 aromatic carbocycles. The number of hydrogen-bond acceptors (Lipinski definition) is 2. The minimum absolute atomic E-state index is 0.111. The first kappa shape index (κ1) is 16.5. The molecular formula is C17H18F3N3O.